The third-order valence-corrected chi connectivity index (χ3v) is 2.75. The van der Waals surface area contributed by atoms with Crippen LogP contribution in [0.3, 0.4) is 0 Å². The smallest absolute Gasteiger partial charge is 0.279 e. The third-order valence-electron chi connectivity index (χ3n) is 2.75. The minimum Gasteiger partial charge on any atom is -0.481 e. The number of carbonyl (C=O) groups excluding carboxylic acids is 2. The van der Waals surface area contributed by atoms with Crippen molar-refractivity contribution in [3.8, 4) is 5.75 Å². The molecule has 0 radical (unpaired) electrons. The zero-order valence-corrected chi connectivity index (χ0v) is 12.3. The molecule has 2 aromatic rings. The van der Waals surface area contributed by atoms with Crippen LogP contribution in [0.2, 0.25) is 0 Å². The molecule has 6 nitrogen and oxygen atoms in total. The highest BCUT2D eigenvalue weighted by Crippen LogP contribution is 2.12. The third kappa shape index (κ3) is 5.31. The summed E-state index contributed by atoms with van der Waals surface area (Å²) in [6.07, 6.45) is 3.29. The van der Waals surface area contributed by atoms with Gasteiger partial charge in [-0.3, -0.25) is 20.4 Å². The number of benzene rings is 1. The lowest BCUT2D eigenvalue weighted by atomic mass is 10.3. The van der Waals surface area contributed by atoms with E-state index < -0.39 is 23.7 Å². The van der Waals surface area contributed by atoms with Gasteiger partial charge in [-0.1, -0.05) is 0 Å². The lowest BCUT2D eigenvalue weighted by Crippen LogP contribution is -2.46. The van der Waals surface area contributed by atoms with Gasteiger partial charge in [-0.15, -0.1) is 0 Å². The lowest BCUT2D eigenvalue weighted by molar-refractivity contribution is -0.131. The van der Waals surface area contributed by atoms with Crippen molar-refractivity contribution in [3.05, 3.63) is 60.3 Å². The van der Waals surface area contributed by atoms with Crippen molar-refractivity contribution < 1.29 is 23.1 Å². The van der Waals surface area contributed by atoms with Gasteiger partial charge in [-0.25, -0.2) is 4.39 Å². The van der Waals surface area contributed by atoms with Crippen LogP contribution < -0.4 is 15.6 Å². The summed E-state index contributed by atoms with van der Waals surface area (Å²) in [5, 5.41) is 0. The Morgan fingerprint density at radius 3 is 2.61 bits per heavy atom. The average Bonchev–Trinajstić information content (AvgIpc) is 3.06. The minimum atomic E-state index is -0.866. The second-order valence-electron chi connectivity index (χ2n) is 4.54. The Morgan fingerprint density at radius 1 is 1.22 bits per heavy atom. The lowest BCUT2D eigenvalue weighted by Gasteiger charge is -2.14. The maximum atomic E-state index is 12.8. The fourth-order valence-electron chi connectivity index (χ4n) is 1.58. The van der Waals surface area contributed by atoms with Crippen LogP contribution in [0.4, 0.5) is 4.39 Å². The molecule has 7 heteroatoms. The molecule has 1 unspecified atom stereocenters. The molecule has 0 aliphatic heterocycles. The highest BCUT2D eigenvalue weighted by atomic mass is 19.1. The number of nitrogens with one attached hydrogen (secondary N) is 2. The van der Waals surface area contributed by atoms with Gasteiger partial charge >= 0.3 is 0 Å². The molecule has 23 heavy (non-hydrogen) atoms. The van der Waals surface area contributed by atoms with Crippen LogP contribution in [0.15, 0.2) is 53.2 Å². The molecule has 0 bridgehead atoms. The predicted octanol–water partition coefficient (Wildman–Crippen LogP) is 2.05. The first-order valence-electron chi connectivity index (χ1n) is 6.78. The van der Waals surface area contributed by atoms with E-state index >= 15 is 0 Å². The summed E-state index contributed by atoms with van der Waals surface area (Å²) in [6, 6.07) is 8.63. The average molecular weight is 318 g/mol. The second kappa shape index (κ2) is 7.79. The molecule has 0 fully saturated rings. The SMILES string of the molecule is CC(Oc1ccc(F)cc1)C(=O)NNC(=O)/C=C/c1ccco1. The molecule has 120 valence electrons. The van der Waals surface area contributed by atoms with Crippen molar-refractivity contribution in [1.29, 1.82) is 0 Å². The maximum Gasteiger partial charge on any atom is 0.279 e. The van der Waals surface area contributed by atoms with Gasteiger partial charge in [0.25, 0.3) is 11.8 Å². The van der Waals surface area contributed by atoms with E-state index in [9.17, 15) is 14.0 Å². The highest BCUT2D eigenvalue weighted by Gasteiger charge is 2.14. The molecule has 1 atom stereocenters. The Hall–Kier alpha value is -3.09. The zero-order valence-electron chi connectivity index (χ0n) is 12.3. The molecule has 1 aromatic carbocycles. The Kier molecular flexibility index (Phi) is 5.51. The first-order valence-corrected chi connectivity index (χ1v) is 6.78. The summed E-state index contributed by atoms with van der Waals surface area (Å²) in [5.41, 5.74) is 4.44. The van der Waals surface area contributed by atoms with E-state index in [4.69, 9.17) is 9.15 Å². The van der Waals surface area contributed by atoms with Crippen LogP contribution in [-0.4, -0.2) is 17.9 Å². The molecule has 1 aromatic heterocycles. The molecule has 0 aliphatic carbocycles. The van der Waals surface area contributed by atoms with Gasteiger partial charge in [0.1, 0.15) is 17.3 Å². The molecular weight excluding hydrogens is 303 g/mol. The fraction of sp³-hybridized carbons (Fsp3) is 0.125. The molecule has 2 N–H and O–H groups in total. The quantitative estimate of drug-likeness (QED) is 0.653. The van der Waals surface area contributed by atoms with Crippen LogP contribution in [0.5, 0.6) is 5.75 Å². The maximum absolute atomic E-state index is 12.8. The Balaban J connectivity index is 1.77. The van der Waals surface area contributed by atoms with Crippen molar-refractivity contribution in [2.45, 2.75) is 13.0 Å². The first kappa shape index (κ1) is 16.3. The number of halogens is 1. The standard InChI is InChI=1S/C16H15FN2O4/c1-11(23-14-6-4-12(17)5-7-14)16(21)19-18-15(20)9-8-13-3-2-10-22-13/h2-11H,1H3,(H,18,20)(H,19,21)/b9-8+. The van der Waals surface area contributed by atoms with Gasteiger partial charge in [0.05, 0.1) is 6.26 Å². The van der Waals surface area contributed by atoms with E-state index in [-0.39, 0.29) is 0 Å². The summed E-state index contributed by atoms with van der Waals surface area (Å²) in [4.78, 5) is 23.3. The first-order chi connectivity index (χ1) is 11.0. The minimum absolute atomic E-state index is 0.345. The number of rotatable bonds is 5. The van der Waals surface area contributed by atoms with Crippen molar-refractivity contribution in [1.82, 2.24) is 10.9 Å². The highest BCUT2D eigenvalue weighted by molar-refractivity contribution is 5.93. The molecule has 0 saturated carbocycles. The van der Waals surface area contributed by atoms with Crippen LogP contribution in [0, 0.1) is 5.82 Å². The molecule has 2 rings (SSSR count). The summed E-state index contributed by atoms with van der Waals surface area (Å²) in [7, 11) is 0. The van der Waals surface area contributed by atoms with E-state index in [1.54, 1.807) is 12.1 Å². The number of ether oxygens (including phenoxy) is 1. The van der Waals surface area contributed by atoms with E-state index in [2.05, 4.69) is 10.9 Å². The van der Waals surface area contributed by atoms with Crippen LogP contribution in [0.1, 0.15) is 12.7 Å². The Bertz CT molecular complexity index is 681. The normalized spacial score (nSPS) is 11.9. The Morgan fingerprint density at radius 2 is 1.96 bits per heavy atom. The van der Waals surface area contributed by atoms with Crippen molar-refractivity contribution in [2.24, 2.45) is 0 Å². The molecule has 0 spiro atoms. The van der Waals surface area contributed by atoms with Gasteiger partial charge in [0.15, 0.2) is 6.10 Å². The van der Waals surface area contributed by atoms with Gasteiger partial charge < -0.3 is 9.15 Å². The number of hydrogen-bond acceptors (Lipinski definition) is 4. The van der Waals surface area contributed by atoms with E-state index in [1.165, 1.54) is 49.6 Å². The largest absolute Gasteiger partial charge is 0.481 e. The number of furan rings is 1. The fourth-order valence-corrected chi connectivity index (χ4v) is 1.58. The summed E-state index contributed by atoms with van der Waals surface area (Å²) < 4.78 is 23.1. The van der Waals surface area contributed by atoms with Gasteiger partial charge in [0, 0.05) is 6.08 Å². The van der Waals surface area contributed by atoms with Crippen molar-refractivity contribution in [3.63, 3.8) is 0 Å². The monoisotopic (exact) mass is 318 g/mol. The van der Waals surface area contributed by atoms with Crippen molar-refractivity contribution in [2.75, 3.05) is 0 Å². The van der Waals surface area contributed by atoms with Gasteiger partial charge in [0.2, 0.25) is 0 Å². The number of amides is 2. The number of hydrazine groups is 1. The number of hydrogen-bond donors (Lipinski definition) is 2. The zero-order chi connectivity index (χ0) is 16.7. The summed E-state index contributed by atoms with van der Waals surface area (Å²) in [6.45, 7) is 1.50. The predicted molar refractivity (Wildman–Crippen MR) is 80.5 cm³/mol. The molecule has 0 saturated heterocycles. The van der Waals surface area contributed by atoms with E-state index in [0.29, 0.717) is 11.5 Å². The summed E-state index contributed by atoms with van der Waals surface area (Å²) >= 11 is 0. The molecule has 1 heterocycles. The second-order valence-corrected chi connectivity index (χ2v) is 4.54. The van der Waals surface area contributed by atoms with Gasteiger partial charge in [-0.05, 0) is 49.4 Å². The topological polar surface area (TPSA) is 80.6 Å². The number of carbonyl (C=O) groups is 2. The van der Waals surface area contributed by atoms with Crippen LogP contribution in [-0.2, 0) is 9.59 Å². The molecule has 0 aliphatic rings. The van der Waals surface area contributed by atoms with Crippen molar-refractivity contribution >= 4 is 17.9 Å². The van der Waals surface area contributed by atoms with E-state index in [1.807, 2.05) is 0 Å². The van der Waals surface area contributed by atoms with Crippen LogP contribution in [0.25, 0.3) is 6.08 Å². The summed E-state index contributed by atoms with van der Waals surface area (Å²) in [5.74, 6) is -0.611. The Labute approximate surface area is 131 Å². The van der Waals surface area contributed by atoms with Crippen LogP contribution >= 0.6 is 0 Å². The molecular formula is C16H15FN2O4. The van der Waals surface area contributed by atoms with Gasteiger partial charge in [-0.2, -0.15) is 0 Å². The van der Waals surface area contributed by atoms with E-state index in [0.717, 1.165) is 0 Å². The molecule has 2 amide bonds.